The van der Waals surface area contributed by atoms with E-state index in [1.807, 2.05) is 50.4 Å². The number of hydrogen-bond acceptors (Lipinski definition) is 3. The quantitative estimate of drug-likeness (QED) is 0.704. The molecule has 5 heteroatoms. The van der Waals surface area contributed by atoms with Crippen LogP contribution in [-0.4, -0.2) is 30.7 Å². The molecular formula is C21H24N2O3. The van der Waals surface area contributed by atoms with E-state index in [0.717, 1.165) is 28.0 Å². The molecule has 0 bridgehead atoms. The number of carbonyl (C=O) groups is 1. The van der Waals surface area contributed by atoms with E-state index >= 15 is 0 Å². The van der Waals surface area contributed by atoms with E-state index in [1.165, 1.54) is 0 Å². The Labute approximate surface area is 153 Å². The fourth-order valence-corrected chi connectivity index (χ4v) is 3.00. The van der Waals surface area contributed by atoms with Crippen LogP contribution in [0.4, 0.5) is 0 Å². The van der Waals surface area contributed by atoms with Crippen LogP contribution in [0.2, 0.25) is 0 Å². The number of carbonyl (C=O) groups excluding carboxylic acids is 1. The van der Waals surface area contributed by atoms with Gasteiger partial charge in [0.15, 0.2) is 0 Å². The number of amides is 1. The van der Waals surface area contributed by atoms with E-state index in [-0.39, 0.29) is 5.91 Å². The Kier molecular flexibility index (Phi) is 5.46. The molecule has 0 fully saturated rings. The lowest BCUT2D eigenvalue weighted by Crippen LogP contribution is -2.27. The minimum atomic E-state index is -0.0747. The third kappa shape index (κ3) is 3.82. The van der Waals surface area contributed by atoms with Crippen LogP contribution in [0.3, 0.4) is 0 Å². The van der Waals surface area contributed by atoms with Crippen molar-refractivity contribution >= 4 is 16.8 Å². The molecule has 0 aliphatic carbocycles. The molecule has 5 nitrogen and oxygen atoms in total. The molecule has 0 radical (unpaired) electrons. The van der Waals surface area contributed by atoms with E-state index in [1.54, 1.807) is 13.2 Å². The maximum atomic E-state index is 12.4. The molecule has 0 unspecified atom stereocenters. The molecule has 0 aliphatic rings. The van der Waals surface area contributed by atoms with Crippen molar-refractivity contribution in [3.63, 3.8) is 0 Å². The Hall–Kier alpha value is -2.95. The van der Waals surface area contributed by atoms with E-state index < -0.39 is 0 Å². The van der Waals surface area contributed by atoms with E-state index in [9.17, 15) is 4.79 Å². The van der Waals surface area contributed by atoms with Gasteiger partial charge in [-0.05, 0) is 61.9 Å². The average Bonchev–Trinajstić information content (AvgIpc) is 3.05. The Bertz CT molecular complexity index is 915. The van der Waals surface area contributed by atoms with Crippen molar-refractivity contribution in [3.05, 3.63) is 59.8 Å². The van der Waals surface area contributed by atoms with Gasteiger partial charge in [-0.15, -0.1) is 0 Å². The van der Waals surface area contributed by atoms with Crippen molar-refractivity contribution in [1.29, 1.82) is 0 Å². The van der Waals surface area contributed by atoms with Gasteiger partial charge in [-0.1, -0.05) is 0 Å². The third-order valence-electron chi connectivity index (χ3n) is 4.35. The van der Waals surface area contributed by atoms with Gasteiger partial charge in [0.2, 0.25) is 0 Å². The van der Waals surface area contributed by atoms with Crippen LogP contribution < -0.4 is 14.8 Å². The van der Waals surface area contributed by atoms with Crippen LogP contribution in [0.5, 0.6) is 11.5 Å². The molecule has 0 saturated carbocycles. The molecule has 1 aromatic heterocycles. The van der Waals surface area contributed by atoms with Crippen LogP contribution in [0.25, 0.3) is 10.9 Å². The molecule has 1 heterocycles. The molecule has 0 aliphatic heterocycles. The zero-order chi connectivity index (χ0) is 18.5. The highest BCUT2D eigenvalue weighted by Crippen LogP contribution is 2.22. The number of aryl methyl sites for hydroxylation is 1. The van der Waals surface area contributed by atoms with Crippen LogP contribution in [0.1, 0.15) is 22.8 Å². The van der Waals surface area contributed by atoms with Crippen LogP contribution in [-0.2, 0) is 6.54 Å². The molecule has 0 atom stereocenters. The molecule has 26 heavy (non-hydrogen) atoms. The lowest BCUT2D eigenvalue weighted by Gasteiger charge is -2.10. The van der Waals surface area contributed by atoms with E-state index in [2.05, 4.69) is 16.0 Å². The SMILES string of the molecule is CCOc1ccc(C(=O)NCCn2ccc3cc(OC)ccc32)cc1C. The summed E-state index contributed by atoms with van der Waals surface area (Å²) < 4.78 is 12.9. The number of hydrogen-bond donors (Lipinski definition) is 1. The summed E-state index contributed by atoms with van der Waals surface area (Å²) in [5.74, 6) is 1.59. The number of benzene rings is 2. The first-order valence-corrected chi connectivity index (χ1v) is 8.77. The second-order valence-corrected chi connectivity index (χ2v) is 6.10. The fourth-order valence-electron chi connectivity index (χ4n) is 3.00. The number of nitrogens with zero attached hydrogens (tertiary/aromatic N) is 1. The fraction of sp³-hybridized carbons (Fsp3) is 0.286. The van der Waals surface area contributed by atoms with Gasteiger partial charge in [0.1, 0.15) is 11.5 Å². The molecule has 3 aromatic rings. The molecule has 0 spiro atoms. The lowest BCUT2D eigenvalue weighted by molar-refractivity contribution is 0.0952. The Morgan fingerprint density at radius 1 is 1.15 bits per heavy atom. The van der Waals surface area contributed by atoms with Crippen LogP contribution >= 0.6 is 0 Å². The number of rotatable bonds is 7. The molecular weight excluding hydrogens is 328 g/mol. The summed E-state index contributed by atoms with van der Waals surface area (Å²) >= 11 is 0. The standard InChI is InChI=1S/C21H24N2O3/c1-4-26-20-8-5-17(13-15(20)2)21(24)22-10-12-23-11-9-16-14-18(25-3)6-7-19(16)23/h5-9,11,13-14H,4,10,12H2,1-3H3,(H,22,24). The van der Waals surface area contributed by atoms with Gasteiger partial charge in [0.05, 0.1) is 13.7 Å². The second-order valence-electron chi connectivity index (χ2n) is 6.10. The molecule has 2 aromatic carbocycles. The van der Waals surface area contributed by atoms with Crippen molar-refractivity contribution in [1.82, 2.24) is 9.88 Å². The van der Waals surface area contributed by atoms with Crippen molar-refractivity contribution in [2.24, 2.45) is 0 Å². The third-order valence-corrected chi connectivity index (χ3v) is 4.35. The van der Waals surface area contributed by atoms with Crippen LogP contribution in [0, 0.1) is 6.92 Å². The van der Waals surface area contributed by atoms with Crippen molar-refractivity contribution in [2.75, 3.05) is 20.3 Å². The molecule has 1 N–H and O–H groups in total. The average molecular weight is 352 g/mol. The predicted octanol–water partition coefficient (Wildman–Crippen LogP) is 3.79. The highest BCUT2D eigenvalue weighted by molar-refractivity contribution is 5.94. The summed E-state index contributed by atoms with van der Waals surface area (Å²) in [5.41, 5.74) is 2.73. The predicted molar refractivity (Wildman–Crippen MR) is 103 cm³/mol. The summed E-state index contributed by atoms with van der Waals surface area (Å²) in [6, 6.07) is 13.5. The topological polar surface area (TPSA) is 52.5 Å². The minimum absolute atomic E-state index is 0.0747. The largest absolute Gasteiger partial charge is 0.497 e. The van der Waals surface area contributed by atoms with Gasteiger partial charge >= 0.3 is 0 Å². The Morgan fingerprint density at radius 2 is 2.00 bits per heavy atom. The van der Waals surface area contributed by atoms with Gasteiger partial charge in [-0.3, -0.25) is 4.79 Å². The molecule has 1 amide bonds. The van der Waals surface area contributed by atoms with Crippen LogP contribution in [0.15, 0.2) is 48.7 Å². The highest BCUT2D eigenvalue weighted by Gasteiger charge is 2.08. The first-order chi connectivity index (χ1) is 12.6. The van der Waals surface area contributed by atoms with Crippen molar-refractivity contribution < 1.29 is 14.3 Å². The smallest absolute Gasteiger partial charge is 0.251 e. The maximum Gasteiger partial charge on any atom is 0.251 e. The van der Waals surface area contributed by atoms with E-state index in [0.29, 0.717) is 25.3 Å². The minimum Gasteiger partial charge on any atom is -0.497 e. The first-order valence-electron chi connectivity index (χ1n) is 8.77. The maximum absolute atomic E-state index is 12.4. The highest BCUT2D eigenvalue weighted by atomic mass is 16.5. The number of methoxy groups -OCH3 is 1. The molecule has 0 saturated heterocycles. The molecule has 136 valence electrons. The zero-order valence-electron chi connectivity index (χ0n) is 15.4. The van der Waals surface area contributed by atoms with Gasteiger partial charge in [-0.25, -0.2) is 0 Å². The summed E-state index contributed by atoms with van der Waals surface area (Å²) in [5, 5.41) is 4.10. The van der Waals surface area contributed by atoms with Gasteiger partial charge < -0.3 is 19.4 Å². The monoisotopic (exact) mass is 352 g/mol. The Morgan fingerprint density at radius 3 is 2.73 bits per heavy atom. The number of fused-ring (bicyclic) bond motifs is 1. The normalized spacial score (nSPS) is 10.7. The van der Waals surface area contributed by atoms with Gasteiger partial charge in [0, 0.05) is 35.8 Å². The number of nitrogens with one attached hydrogen (secondary N) is 1. The molecule has 3 rings (SSSR count). The summed E-state index contributed by atoms with van der Waals surface area (Å²) in [4.78, 5) is 12.4. The van der Waals surface area contributed by atoms with Gasteiger partial charge in [-0.2, -0.15) is 0 Å². The zero-order valence-corrected chi connectivity index (χ0v) is 15.4. The summed E-state index contributed by atoms with van der Waals surface area (Å²) in [6.45, 7) is 5.77. The summed E-state index contributed by atoms with van der Waals surface area (Å²) in [7, 11) is 1.66. The first kappa shape index (κ1) is 17.9. The number of ether oxygens (including phenoxy) is 2. The second kappa shape index (κ2) is 7.95. The Balaban J connectivity index is 1.61. The van der Waals surface area contributed by atoms with Crippen molar-refractivity contribution in [3.8, 4) is 11.5 Å². The van der Waals surface area contributed by atoms with Gasteiger partial charge in [0.25, 0.3) is 5.91 Å². The summed E-state index contributed by atoms with van der Waals surface area (Å²) in [6.07, 6.45) is 2.03. The lowest BCUT2D eigenvalue weighted by atomic mass is 10.1. The van der Waals surface area contributed by atoms with Crippen molar-refractivity contribution in [2.45, 2.75) is 20.4 Å². The van der Waals surface area contributed by atoms with E-state index in [4.69, 9.17) is 9.47 Å². The number of aromatic nitrogens is 1.